The van der Waals surface area contributed by atoms with Crippen LogP contribution in [0.1, 0.15) is 26.7 Å². The van der Waals surface area contributed by atoms with E-state index in [1.165, 1.54) is 0 Å². The third-order valence-corrected chi connectivity index (χ3v) is 3.69. The Balaban J connectivity index is 2.05. The van der Waals surface area contributed by atoms with Crippen molar-refractivity contribution in [1.29, 1.82) is 0 Å². The maximum absolute atomic E-state index is 4.57. The third-order valence-electron chi connectivity index (χ3n) is 3.69. The predicted molar refractivity (Wildman–Crippen MR) is 77.2 cm³/mol. The van der Waals surface area contributed by atoms with Gasteiger partial charge in [-0.05, 0) is 32.8 Å². The SMILES string of the molecule is CNc1nc(N2CCCC2(C)C)nc(-n2cccn2)n1. The van der Waals surface area contributed by atoms with Crippen LogP contribution >= 0.6 is 0 Å². The maximum atomic E-state index is 4.57. The van der Waals surface area contributed by atoms with E-state index in [0.29, 0.717) is 17.8 Å². The van der Waals surface area contributed by atoms with Crippen molar-refractivity contribution in [2.45, 2.75) is 32.2 Å². The Morgan fingerprint density at radius 2 is 2.00 bits per heavy atom. The van der Waals surface area contributed by atoms with Crippen LogP contribution in [-0.2, 0) is 0 Å². The molecule has 0 amide bonds. The van der Waals surface area contributed by atoms with Crippen molar-refractivity contribution in [3.05, 3.63) is 18.5 Å². The second-order valence-corrected chi connectivity index (χ2v) is 5.53. The van der Waals surface area contributed by atoms with Crippen molar-refractivity contribution in [3.8, 4) is 5.95 Å². The Kier molecular flexibility index (Phi) is 3.04. The van der Waals surface area contributed by atoms with E-state index in [2.05, 4.69) is 44.1 Å². The van der Waals surface area contributed by atoms with Crippen molar-refractivity contribution in [1.82, 2.24) is 24.7 Å². The van der Waals surface area contributed by atoms with E-state index in [-0.39, 0.29) is 5.54 Å². The van der Waals surface area contributed by atoms with E-state index >= 15 is 0 Å². The molecule has 7 heteroatoms. The van der Waals surface area contributed by atoms with Gasteiger partial charge in [-0.2, -0.15) is 20.1 Å². The van der Waals surface area contributed by atoms with E-state index in [1.54, 1.807) is 17.9 Å². The Morgan fingerprint density at radius 1 is 1.20 bits per heavy atom. The molecule has 2 aromatic rings. The lowest BCUT2D eigenvalue weighted by atomic mass is 10.0. The molecule has 0 aromatic carbocycles. The van der Waals surface area contributed by atoms with Gasteiger partial charge in [-0.15, -0.1) is 0 Å². The number of aromatic nitrogens is 5. The Morgan fingerprint density at radius 3 is 2.60 bits per heavy atom. The average molecular weight is 273 g/mol. The van der Waals surface area contributed by atoms with Gasteiger partial charge in [0.1, 0.15) is 0 Å². The molecule has 1 aliphatic rings. The molecule has 7 nitrogen and oxygen atoms in total. The van der Waals surface area contributed by atoms with Gasteiger partial charge in [0.2, 0.25) is 11.9 Å². The Bertz CT molecular complexity index is 591. The van der Waals surface area contributed by atoms with Gasteiger partial charge < -0.3 is 10.2 Å². The van der Waals surface area contributed by atoms with Gasteiger partial charge in [-0.1, -0.05) is 0 Å². The molecule has 20 heavy (non-hydrogen) atoms. The number of hydrogen-bond donors (Lipinski definition) is 1. The second kappa shape index (κ2) is 4.73. The molecule has 0 spiro atoms. The fourth-order valence-electron chi connectivity index (χ4n) is 2.55. The summed E-state index contributed by atoms with van der Waals surface area (Å²) in [5.41, 5.74) is 0.0771. The molecule has 3 heterocycles. The molecule has 1 fully saturated rings. The van der Waals surface area contributed by atoms with Crippen molar-refractivity contribution in [3.63, 3.8) is 0 Å². The average Bonchev–Trinajstić information content (AvgIpc) is 3.07. The molecule has 0 bridgehead atoms. The van der Waals surface area contributed by atoms with Gasteiger partial charge in [-0.3, -0.25) is 0 Å². The largest absolute Gasteiger partial charge is 0.357 e. The minimum atomic E-state index is 0.0771. The van der Waals surface area contributed by atoms with Gasteiger partial charge in [0, 0.05) is 31.5 Å². The molecule has 0 atom stereocenters. The van der Waals surface area contributed by atoms with E-state index < -0.39 is 0 Å². The molecule has 0 unspecified atom stereocenters. The fourth-order valence-corrected chi connectivity index (χ4v) is 2.55. The summed E-state index contributed by atoms with van der Waals surface area (Å²) < 4.78 is 1.65. The van der Waals surface area contributed by atoms with Crippen molar-refractivity contribution in [2.24, 2.45) is 0 Å². The first kappa shape index (κ1) is 12.8. The summed E-state index contributed by atoms with van der Waals surface area (Å²) in [5.74, 6) is 1.80. The first-order valence-electron chi connectivity index (χ1n) is 6.82. The van der Waals surface area contributed by atoms with Crippen molar-refractivity contribution >= 4 is 11.9 Å². The molecule has 106 valence electrons. The monoisotopic (exact) mass is 273 g/mol. The zero-order chi connectivity index (χ0) is 14.2. The third kappa shape index (κ3) is 2.19. The van der Waals surface area contributed by atoms with Crippen LogP contribution in [0.4, 0.5) is 11.9 Å². The second-order valence-electron chi connectivity index (χ2n) is 5.53. The van der Waals surface area contributed by atoms with Crippen LogP contribution in [0, 0.1) is 0 Å². The molecular formula is C13H19N7. The van der Waals surface area contributed by atoms with Crippen molar-refractivity contribution in [2.75, 3.05) is 23.8 Å². The highest BCUT2D eigenvalue weighted by molar-refractivity contribution is 5.43. The summed E-state index contributed by atoms with van der Waals surface area (Å²) >= 11 is 0. The number of rotatable bonds is 3. The summed E-state index contributed by atoms with van der Waals surface area (Å²) in [6.07, 6.45) is 5.84. The number of hydrogen-bond acceptors (Lipinski definition) is 6. The smallest absolute Gasteiger partial charge is 0.257 e. The van der Waals surface area contributed by atoms with Crippen LogP contribution in [0.3, 0.4) is 0 Å². The lowest BCUT2D eigenvalue weighted by molar-refractivity contribution is 0.509. The highest BCUT2D eigenvalue weighted by Gasteiger charge is 2.34. The van der Waals surface area contributed by atoms with Crippen LogP contribution in [0.5, 0.6) is 0 Å². The summed E-state index contributed by atoms with van der Waals surface area (Å²) in [6.45, 7) is 5.41. The first-order chi connectivity index (χ1) is 9.60. The standard InChI is InChI=1S/C13H19N7/c1-13(2)6-4-8-19(13)11-16-10(14-3)17-12(18-11)20-9-5-7-15-20/h5,7,9H,4,6,8H2,1-3H3,(H,14,16,17,18). The molecule has 3 rings (SSSR count). The van der Waals surface area contributed by atoms with Crippen LogP contribution in [0.25, 0.3) is 5.95 Å². The van der Waals surface area contributed by atoms with E-state index in [0.717, 1.165) is 19.4 Å². The molecule has 0 aliphatic carbocycles. The quantitative estimate of drug-likeness (QED) is 0.913. The van der Waals surface area contributed by atoms with Gasteiger partial charge in [0.05, 0.1) is 0 Å². The zero-order valence-electron chi connectivity index (χ0n) is 12.0. The highest BCUT2D eigenvalue weighted by atomic mass is 15.4. The molecule has 1 saturated heterocycles. The normalized spacial score (nSPS) is 17.4. The van der Waals surface area contributed by atoms with Crippen LogP contribution < -0.4 is 10.2 Å². The molecule has 0 saturated carbocycles. The number of anilines is 2. The van der Waals surface area contributed by atoms with Crippen LogP contribution in [-0.4, -0.2) is 43.9 Å². The molecule has 1 N–H and O–H groups in total. The highest BCUT2D eigenvalue weighted by Crippen LogP contribution is 2.31. The van der Waals surface area contributed by atoms with Gasteiger partial charge >= 0.3 is 0 Å². The summed E-state index contributed by atoms with van der Waals surface area (Å²) in [7, 11) is 1.81. The first-order valence-corrected chi connectivity index (χ1v) is 6.82. The molecular weight excluding hydrogens is 254 g/mol. The van der Waals surface area contributed by atoms with Gasteiger partial charge in [0.25, 0.3) is 5.95 Å². The van der Waals surface area contributed by atoms with E-state index in [9.17, 15) is 0 Å². The predicted octanol–water partition coefficient (Wildman–Crippen LogP) is 1.48. The lowest BCUT2D eigenvalue weighted by Crippen LogP contribution is -2.39. The Hall–Kier alpha value is -2.18. The molecule has 2 aromatic heterocycles. The minimum absolute atomic E-state index is 0.0771. The minimum Gasteiger partial charge on any atom is -0.357 e. The van der Waals surface area contributed by atoms with E-state index in [4.69, 9.17) is 0 Å². The maximum Gasteiger partial charge on any atom is 0.257 e. The molecule has 1 aliphatic heterocycles. The van der Waals surface area contributed by atoms with E-state index in [1.807, 2.05) is 12.3 Å². The van der Waals surface area contributed by atoms with Crippen molar-refractivity contribution < 1.29 is 0 Å². The number of nitrogens with one attached hydrogen (secondary N) is 1. The summed E-state index contributed by atoms with van der Waals surface area (Å²) in [4.78, 5) is 15.6. The zero-order valence-corrected chi connectivity index (χ0v) is 12.0. The molecule has 0 radical (unpaired) electrons. The van der Waals surface area contributed by atoms with Crippen LogP contribution in [0.15, 0.2) is 18.5 Å². The Labute approximate surface area is 118 Å². The fraction of sp³-hybridized carbons (Fsp3) is 0.538. The summed E-state index contributed by atoms with van der Waals surface area (Å²) in [6, 6.07) is 1.85. The number of nitrogens with zero attached hydrogens (tertiary/aromatic N) is 6. The lowest BCUT2D eigenvalue weighted by Gasteiger charge is -2.31. The van der Waals surface area contributed by atoms with Gasteiger partial charge in [-0.25, -0.2) is 4.68 Å². The van der Waals surface area contributed by atoms with Gasteiger partial charge in [0.15, 0.2) is 0 Å². The topological polar surface area (TPSA) is 71.8 Å². The summed E-state index contributed by atoms with van der Waals surface area (Å²) in [5, 5.41) is 7.17. The van der Waals surface area contributed by atoms with Crippen LogP contribution in [0.2, 0.25) is 0 Å².